The standard InChI is InChI=1S/C16H18O3/c1-12(18)15-4-2-3-5-16(15)19-11-14-8-6-13(10-17)7-9-14/h2-9,12,17-18H,10-11H2,1H3. The highest BCUT2D eigenvalue weighted by atomic mass is 16.5. The molecule has 0 spiro atoms. The van der Waals surface area contributed by atoms with Gasteiger partial charge >= 0.3 is 0 Å². The van der Waals surface area contributed by atoms with Crippen molar-refractivity contribution in [1.29, 1.82) is 0 Å². The Balaban J connectivity index is 2.05. The molecule has 0 bridgehead atoms. The summed E-state index contributed by atoms with van der Waals surface area (Å²) in [6.45, 7) is 2.21. The summed E-state index contributed by atoms with van der Waals surface area (Å²) < 4.78 is 5.74. The summed E-state index contributed by atoms with van der Waals surface area (Å²) in [5.74, 6) is 0.698. The van der Waals surface area contributed by atoms with E-state index in [0.717, 1.165) is 16.7 Å². The molecule has 3 nitrogen and oxygen atoms in total. The van der Waals surface area contributed by atoms with Gasteiger partial charge < -0.3 is 14.9 Å². The van der Waals surface area contributed by atoms with Crippen LogP contribution >= 0.6 is 0 Å². The van der Waals surface area contributed by atoms with Crippen molar-refractivity contribution in [2.24, 2.45) is 0 Å². The van der Waals surface area contributed by atoms with Crippen molar-refractivity contribution in [3.05, 3.63) is 65.2 Å². The summed E-state index contributed by atoms with van der Waals surface area (Å²) in [6.07, 6.45) is -0.548. The molecule has 2 rings (SSSR count). The van der Waals surface area contributed by atoms with Crippen molar-refractivity contribution in [3.8, 4) is 5.75 Å². The predicted octanol–water partition coefficient (Wildman–Crippen LogP) is 2.81. The molecule has 0 saturated carbocycles. The molecule has 0 aliphatic heterocycles. The summed E-state index contributed by atoms with van der Waals surface area (Å²) in [5.41, 5.74) is 2.69. The second-order valence-corrected chi connectivity index (χ2v) is 4.48. The van der Waals surface area contributed by atoms with Gasteiger partial charge in [0, 0.05) is 5.56 Å². The summed E-state index contributed by atoms with van der Waals surface area (Å²) in [7, 11) is 0. The average molecular weight is 258 g/mol. The number of rotatable bonds is 5. The van der Waals surface area contributed by atoms with Crippen LogP contribution in [-0.4, -0.2) is 10.2 Å². The minimum atomic E-state index is -0.548. The number of ether oxygens (including phenoxy) is 1. The molecule has 3 heteroatoms. The molecule has 2 aromatic rings. The molecule has 100 valence electrons. The van der Waals surface area contributed by atoms with Crippen LogP contribution in [0.3, 0.4) is 0 Å². The van der Waals surface area contributed by atoms with E-state index in [9.17, 15) is 5.11 Å². The Morgan fingerprint density at radius 2 is 1.63 bits per heavy atom. The fourth-order valence-electron chi connectivity index (χ4n) is 1.86. The SMILES string of the molecule is CC(O)c1ccccc1OCc1ccc(CO)cc1. The van der Waals surface area contributed by atoms with Gasteiger partial charge in [-0.05, 0) is 24.1 Å². The molecule has 0 amide bonds. The number of aliphatic hydroxyl groups is 2. The third-order valence-corrected chi connectivity index (χ3v) is 2.97. The van der Waals surface area contributed by atoms with E-state index in [4.69, 9.17) is 9.84 Å². The van der Waals surface area contributed by atoms with Crippen LogP contribution in [0.1, 0.15) is 29.7 Å². The summed E-state index contributed by atoms with van der Waals surface area (Å²) in [5, 5.41) is 18.6. The molecule has 0 heterocycles. The zero-order chi connectivity index (χ0) is 13.7. The minimum Gasteiger partial charge on any atom is -0.489 e. The summed E-state index contributed by atoms with van der Waals surface area (Å²) in [4.78, 5) is 0. The zero-order valence-corrected chi connectivity index (χ0v) is 10.9. The highest BCUT2D eigenvalue weighted by molar-refractivity contribution is 5.35. The molecule has 0 aliphatic rings. The average Bonchev–Trinajstić information content (AvgIpc) is 2.46. The second-order valence-electron chi connectivity index (χ2n) is 4.48. The third-order valence-electron chi connectivity index (χ3n) is 2.97. The molecule has 19 heavy (non-hydrogen) atoms. The van der Waals surface area contributed by atoms with Crippen LogP contribution in [0.5, 0.6) is 5.75 Å². The summed E-state index contributed by atoms with van der Waals surface area (Å²) in [6, 6.07) is 15.1. The molecule has 1 unspecified atom stereocenters. The van der Waals surface area contributed by atoms with Crippen LogP contribution < -0.4 is 4.74 Å². The van der Waals surface area contributed by atoms with E-state index in [1.165, 1.54) is 0 Å². The lowest BCUT2D eigenvalue weighted by Gasteiger charge is -2.13. The largest absolute Gasteiger partial charge is 0.489 e. The fourth-order valence-corrected chi connectivity index (χ4v) is 1.86. The van der Waals surface area contributed by atoms with E-state index in [2.05, 4.69) is 0 Å². The molecule has 0 fully saturated rings. The van der Waals surface area contributed by atoms with Gasteiger partial charge in [0.15, 0.2) is 0 Å². The molecule has 2 N–H and O–H groups in total. The van der Waals surface area contributed by atoms with Crippen LogP contribution in [0.15, 0.2) is 48.5 Å². The normalized spacial score (nSPS) is 12.2. The van der Waals surface area contributed by atoms with Gasteiger partial charge in [0.2, 0.25) is 0 Å². The van der Waals surface area contributed by atoms with E-state index in [1.807, 2.05) is 48.5 Å². The number of para-hydroxylation sites is 1. The molecule has 1 atom stereocenters. The van der Waals surface area contributed by atoms with Crippen molar-refractivity contribution in [2.75, 3.05) is 0 Å². The number of hydrogen-bond acceptors (Lipinski definition) is 3. The Labute approximate surface area is 113 Å². The molecular weight excluding hydrogens is 240 g/mol. The van der Waals surface area contributed by atoms with Gasteiger partial charge in [0.1, 0.15) is 12.4 Å². The van der Waals surface area contributed by atoms with E-state index >= 15 is 0 Å². The lowest BCUT2D eigenvalue weighted by atomic mass is 10.1. The maximum Gasteiger partial charge on any atom is 0.125 e. The van der Waals surface area contributed by atoms with E-state index in [-0.39, 0.29) is 6.61 Å². The molecule has 0 aliphatic carbocycles. The van der Waals surface area contributed by atoms with Gasteiger partial charge in [0.05, 0.1) is 12.7 Å². The Hall–Kier alpha value is -1.84. The number of hydrogen-bond donors (Lipinski definition) is 2. The van der Waals surface area contributed by atoms with Crippen molar-refractivity contribution in [1.82, 2.24) is 0 Å². The maximum atomic E-state index is 9.66. The van der Waals surface area contributed by atoms with Crippen LogP contribution in [0, 0.1) is 0 Å². The summed E-state index contributed by atoms with van der Waals surface area (Å²) >= 11 is 0. The molecule has 0 aromatic heterocycles. The highest BCUT2D eigenvalue weighted by Gasteiger charge is 2.08. The lowest BCUT2D eigenvalue weighted by molar-refractivity contribution is 0.190. The first-order valence-corrected chi connectivity index (χ1v) is 6.29. The van der Waals surface area contributed by atoms with Gasteiger partial charge in [-0.15, -0.1) is 0 Å². The van der Waals surface area contributed by atoms with Gasteiger partial charge in [-0.25, -0.2) is 0 Å². The van der Waals surface area contributed by atoms with Gasteiger partial charge in [0.25, 0.3) is 0 Å². The minimum absolute atomic E-state index is 0.0476. The Morgan fingerprint density at radius 3 is 2.26 bits per heavy atom. The van der Waals surface area contributed by atoms with E-state index in [0.29, 0.717) is 12.4 Å². The van der Waals surface area contributed by atoms with Gasteiger partial charge in [-0.2, -0.15) is 0 Å². The molecule has 0 saturated heterocycles. The number of aliphatic hydroxyl groups excluding tert-OH is 2. The van der Waals surface area contributed by atoms with E-state index in [1.54, 1.807) is 6.92 Å². The highest BCUT2D eigenvalue weighted by Crippen LogP contribution is 2.25. The van der Waals surface area contributed by atoms with Crippen LogP contribution in [-0.2, 0) is 13.2 Å². The van der Waals surface area contributed by atoms with Crippen molar-refractivity contribution >= 4 is 0 Å². The third kappa shape index (κ3) is 3.56. The lowest BCUT2D eigenvalue weighted by Crippen LogP contribution is -2.00. The van der Waals surface area contributed by atoms with Crippen molar-refractivity contribution < 1.29 is 14.9 Å². The first kappa shape index (κ1) is 13.6. The monoisotopic (exact) mass is 258 g/mol. The Morgan fingerprint density at radius 1 is 1.00 bits per heavy atom. The molecule has 2 aromatic carbocycles. The van der Waals surface area contributed by atoms with Crippen molar-refractivity contribution in [2.45, 2.75) is 26.2 Å². The van der Waals surface area contributed by atoms with Gasteiger partial charge in [-0.1, -0.05) is 42.5 Å². The van der Waals surface area contributed by atoms with Crippen LogP contribution in [0.4, 0.5) is 0 Å². The quantitative estimate of drug-likeness (QED) is 0.867. The fraction of sp³-hybridized carbons (Fsp3) is 0.250. The predicted molar refractivity (Wildman–Crippen MR) is 73.8 cm³/mol. The number of benzene rings is 2. The first-order valence-electron chi connectivity index (χ1n) is 6.29. The van der Waals surface area contributed by atoms with Crippen molar-refractivity contribution in [3.63, 3.8) is 0 Å². The zero-order valence-electron chi connectivity index (χ0n) is 10.9. The maximum absolute atomic E-state index is 9.66. The van der Waals surface area contributed by atoms with Crippen LogP contribution in [0.2, 0.25) is 0 Å². The van der Waals surface area contributed by atoms with Crippen LogP contribution in [0.25, 0.3) is 0 Å². The van der Waals surface area contributed by atoms with Gasteiger partial charge in [-0.3, -0.25) is 0 Å². The smallest absolute Gasteiger partial charge is 0.125 e. The Bertz CT molecular complexity index is 518. The second kappa shape index (κ2) is 6.36. The first-order chi connectivity index (χ1) is 9.20. The molecular formula is C16H18O3. The topological polar surface area (TPSA) is 49.7 Å². The molecule has 0 radical (unpaired) electrons. The Kier molecular flexibility index (Phi) is 4.55. The van der Waals surface area contributed by atoms with E-state index < -0.39 is 6.10 Å².